The minimum absolute atomic E-state index is 0.00708. The summed E-state index contributed by atoms with van der Waals surface area (Å²) in [7, 11) is 1.50. The molecule has 2 aromatic carbocycles. The summed E-state index contributed by atoms with van der Waals surface area (Å²) in [6, 6.07) is 6.31. The van der Waals surface area contributed by atoms with E-state index in [0.717, 1.165) is 0 Å². The zero-order chi connectivity index (χ0) is 15.7. The molecule has 7 heteroatoms. The number of aromatic carboxylic acids is 1. The first-order chi connectivity index (χ1) is 9.86. The molecule has 0 saturated heterocycles. The number of aromatic hydroxyl groups is 1. The van der Waals surface area contributed by atoms with Gasteiger partial charge in [0.2, 0.25) is 0 Å². The molecule has 0 aromatic heterocycles. The molecule has 0 spiro atoms. The van der Waals surface area contributed by atoms with Gasteiger partial charge in [0.1, 0.15) is 11.5 Å². The molecule has 0 aliphatic carbocycles. The Bertz CT molecular complexity index is 729. The topological polar surface area (TPSA) is 66.8 Å². The molecule has 0 amide bonds. The molecule has 0 atom stereocenters. The number of carboxylic acids is 1. The van der Waals surface area contributed by atoms with Crippen molar-refractivity contribution in [1.29, 1.82) is 0 Å². The third kappa shape index (κ3) is 3.09. The van der Waals surface area contributed by atoms with E-state index in [9.17, 15) is 15.0 Å². The van der Waals surface area contributed by atoms with Gasteiger partial charge in [-0.1, -0.05) is 15.9 Å². The molecule has 0 aliphatic heterocycles. The van der Waals surface area contributed by atoms with Crippen LogP contribution >= 0.6 is 47.8 Å². The molecular weight excluding hydrogens is 472 g/mol. The van der Waals surface area contributed by atoms with Crippen molar-refractivity contribution in [2.45, 2.75) is 0 Å². The highest BCUT2D eigenvalue weighted by atomic mass is 79.9. The Morgan fingerprint density at radius 1 is 1.14 bits per heavy atom. The summed E-state index contributed by atoms with van der Waals surface area (Å²) < 4.78 is 6.66. The predicted octanol–water partition coefficient (Wildman–Crippen LogP) is 5.05. The molecule has 0 bridgehead atoms. The average Bonchev–Trinajstić information content (AvgIpc) is 2.44. The summed E-state index contributed by atoms with van der Waals surface area (Å²) >= 11 is 9.93. The summed E-state index contributed by atoms with van der Waals surface area (Å²) in [5.74, 6) is -0.544. The monoisotopic (exact) mass is 478 g/mol. The Morgan fingerprint density at radius 3 is 2.38 bits per heavy atom. The normalized spacial score (nSPS) is 10.5. The van der Waals surface area contributed by atoms with Crippen molar-refractivity contribution in [3.8, 4) is 22.6 Å². The lowest BCUT2D eigenvalue weighted by atomic mass is 9.99. The van der Waals surface area contributed by atoms with Crippen molar-refractivity contribution in [3.05, 3.63) is 43.2 Å². The fraction of sp³-hybridized carbons (Fsp3) is 0.0714. The maximum Gasteiger partial charge on any atom is 0.336 e. The van der Waals surface area contributed by atoms with Crippen molar-refractivity contribution in [2.24, 2.45) is 0 Å². The Morgan fingerprint density at radius 2 is 1.81 bits per heavy atom. The van der Waals surface area contributed by atoms with Crippen molar-refractivity contribution >= 4 is 53.8 Å². The van der Waals surface area contributed by atoms with Gasteiger partial charge in [0.25, 0.3) is 0 Å². The molecule has 110 valence electrons. The first kappa shape index (κ1) is 16.3. The number of halogens is 3. The second-order valence-corrected chi connectivity index (χ2v) is 6.60. The van der Waals surface area contributed by atoms with E-state index in [1.165, 1.54) is 13.2 Å². The second kappa shape index (κ2) is 6.37. The summed E-state index contributed by atoms with van der Waals surface area (Å²) in [4.78, 5) is 11.4. The molecule has 0 radical (unpaired) electrons. The van der Waals surface area contributed by atoms with Crippen LogP contribution in [0.15, 0.2) is 37.7 Å². The minimum atomic E-state index is -1.06. The number of hydrogen-bond donors (Lipinski definition) is 2. The van der Waals surface area contributed by atoms with Crippen LogP contribution in [0.5, 0.6) is 11.5 Å². The summed E-state index contributed by atoms with van der Waals surface area (Å²) in [6.07, 6.45) is 0. The minimum Gasteiger partial charge on any atom is -0.506 e. The van der Waals surface area contributed by atoms with E-state index < -0.39 is 5.97 Å². The van der Waals surface area contributed by atoms with Gasteiger partial charge in [-0.15, -0.1) is 0 Å². The fourth-order valence-electron chi connectivity index (χ4n) is 1.87. The Kier molecular flexibility index (Phi) is 4.95. The van der Waals surface area contributed by atoms with E-state index in [1.807, 2.05) is 0 Å². The van der Waals surface area contributed by atoms with E-state index in [4.69, 9.17) is 4.74 Å². The third-order valence-electron chi connectivity index (χ3n) is 2.87. The maximum atomic E-state index is 11.4. The van der Waals surface area contributed by atoms with Gasteiger partial charge in [0.15, 0.2) is 0 Å². The van der Waals surface area contributed by atoms with Gasteiger partial charge >= 0.3 is 5.97 Å². The molecule has 4 nitrogen and oxygen atoms in total. The van der Waals surface area contributed by atoms with Crippen LogP contribution in [0, 0.1) is 0 Å². The number of carboxylic acid groups (broad SMARTS) is 1. The van der Waals surface area contributed by atoms with Crippen LogP contribution in [0.4, 0.5) is 0 Å². The number of hydrogen-bond acceptors (Lipinski definition) is 3. The van der Waals surface area contributed by atoms with Crippen LogP contribution in [0.25, 0.3) is 11.1 Å². The largest absolute Gasteiger partial charge is 0.506 e. The molecule has 0 aliphatic rings. The molecule has 2 N–H and O–H groups in total. The lowest BCUT2D eigenvalue weighted by Gasteiger charge is -2.14. The van der Waals surface area contributed by atoms with Crippen molar-refractivity contribution in [1.82, 2.24) is 0 Å². The van der Waals surface area contributed by atoms with Crippen LogP contribution in [0.2, 0.25) is 0 Å². The lowest BCUT2D eigenvalue weighted by Crippen LogP contribution is -2.01. The van der Waals surface area contributed by atoms with Crippen LogP contribution in [-0.4, -0.2) is 23.3 Å². The first-order valence-corrected chi connectivity index (χ1v) is 8.03. The van der Waals surface area contributed by atoms with Crippen LogP contribution in [0.1, 0.15) is 10.4 Å². The lowest BCUT2D eigenvalue weighted by molar-refractivity contribution is 0.0697. The number of benzene rings is 2. The van der Waals surface area contributed by atoms with Crippen LogP contribution in [-0.2, 0) is 0 Å². The van der Waals surface area contributed by atoms with Crippen LogP contribution in [0.3, 0.4) is 0 Å². The number of methoxy groups -OCH3 is 1. The molecule has 21 heavy (non-hydrogen) atoms. The highest BCUT2D eigenvalue weighted by Crippen LogP contribution is 2.46. The Labute approximate surface area is 146 Å². The number of phenols is 1. The van der Waals surface area contributed by atoms with Gasteiger partial charge in [-0.3, -0.25) is 0 Å². The van der Waals surface area contributed by atoms with Gasteiger partial charge in [-0.2, -0.15) is 0 Å². The van der Waals surface area contributed by atoms with Crippen molar-refractivity contribution in [2.75, 3.05) is 7.11 Å². The number of rotatable bonds is 3. The number of phenolic OH excluding ortho intramolecular Hbond substituents is 1. The van der Waals surface area contributed by atoms with Gasteiger partial charge in [0, 0.05) is 15.6 Å². The average molecular weight is 481 g/mol. The van der Waals surface area contributed by atoms with E-state index in [2.05, 4.69) is 47.8 Å². The first-order valence-electron chi connectivity index (χ1n) is 5.65. The van der Waals surface area contributed by atoms with E-state index in [0.29, 0.717) is 30.3 Å². The Hall–Kier alpha value is -1.05. The molecular formula is C14H9Br3O4. The van der Waals surface area contributed by atoms with E-state index in [1.54, 1.807) is 18.2 Å². The zero-order valence-corrected chi connectivity index (χ0v) is 15.4. The summed E-state index contributed by atoms with van der Waals surface area (Å²) in [5, 5.41) is 19.4. The molecule has 0 saturated carbocycles. The molecule has 0 unspecified atom stereocenters. The third-order valence-corrected chi connectivity index (χ3v) is 4.87. The number of ether oxygens (including phenoxy) is 1. The second-order valence-electron chi connectivity index (χ2n) is 4.09. The van der Waals surface area contributed by atoms with E-state index >= 15 is 0 Å². The molecule has 2 rings (SSSR count). The fourth-order valence-corrected chi connectivity index (χ4v) is 4.42. The van der Waals surface area contributed by atoms with E-state index in [-0.39, 0.29) is 11.3 Å². The van der Waals surface area contributed by atoms with Crippen molar-refractivity contribution in [3.63, 3.8) is 0 Å². The smallest absolute Gasteiger partial charge is 0.336 e. The van der Waals surface area contributed by atoms with Crippen LogP contribution < -0.4 is 4.74 Å². The quantitative estimate of drug-likeness (QED) is 0.645. The molecule has 0 fully saturated rings. The maximum absolute atomic E-state index is 11.4. The molecule has 2 aromatic rings. The summed E-state index contributed by atoms with van der Waals surface area (Å²) in [6.45, 7) is 0. The highest BCUT2D eigenvalue weighted by molar-refractivity contribution is 9.11. The molecule has 0 heterocycles. The van der Waals surface area contributed by atoms with Gasteiger partial charge in [-0.05, 0) is 56.1 Å². The SMILES string of the molecule is COc1ccc(C(=O)O)c(-c2c(Br)cc(Br)c(O)c2Br)c1. The Balaban J connectivity index is 2.83. The standard InChI is InChI=1S/C14H9Br3O4/c1-21-6-2-3-7(14(19)20)8(4-6)11-9(15)5-10(16)13(18)12(11)17/h2-5,18H,1H3,(H,19,20). The van der Waals surface area contributed by atoms with Gasteiger partial charge in [0.05, 0.1) is 21.6 Å². The van der Waals surface area contributed by atoms with Gasteiger partial charge < -0.3 is 14.9 Å². The van der Waals surface area contributed by atoms with Gasteiger partial charge in [-0.25, -0.2) is 4.79 Å². The highest BCUT2D eigenvalue weighted by Gasteiger charge is 2.20. The predicted molar refractivity (Wildman–Crippen MR) is 90.2 cm³/mol. The zero-order valence-electron chi connectivity index (χ0n) is 10.7. The van der Waals surface area contributed by atoms with Crippen molar-refractivity contribution < 1.29 is 19.7 Å². The number of carbonyl (C=O) groups is 1. The summed E-state index contributed by atoms with van der Waals surface area (Å²) in [5.41, 5.74) is 1.08.